The van der Waals surface area contributed by atoms with Crippen molar-refractivity contribution >= 4 is 21.6 Å². The van der Waals surface area contributed by atoms with Gasteiger partial charge < -0.3 is 0 Å². The Hall–Kier alpha value is -1.44. The van der Waals surface area contributed by atoms with E-state index < -0.39 is 9.84 Å². The first-order valence-electron chi connectivity index (χ1n) is 7.90. The van der Waals surface area contributed by atoms with Gasteiger partial charge >= 0.3 is 0 Å². The van der Waals surface area contributed by atoms with Crippen molar-refractivity contribution in [1.29, 1.82) is 0 Å². The van der Waals surface area contributed by atoms with Gasteiger partial charge in [-0.3, -0.25) is 4.90 Å². The highest BCUT2D eigenvalue weighted by molar-refractivity contribution is 7.98. The zero-order valence-corrected chi connectivity index (χ0v) is 15.3. The van der Waals surface area contributed by atoms with E-state index in [-0.39, 0.29) is 11.8 Å². The quantitative estimate of drug-likeness (QED) is 0.580. The topological polar surface area (TPSA) is 63.2 Å². The summed E-state index contributed by atoms with van der Waals surface area (Å²) in [6.45, 7) is 0.670. The molecule has 0 N–H and O–H groups in total. The minimum Gasteiger partial charge on any atom is -0.298 e. The second kappa shape index (κ2) is 7.63. The molecule has 0 bridgehead atoms. The molecule has 2 heterocycles. The van der Waals surface area contributed by atoms with Crippen LogP contribution in [-0.2, 0) is 22.1 Å². The first-order valence-corrected chi connectivity index (χ1v) is 10.7. The highest BCUT2D eigenvalue weighted by atomic mass is 32.2. The second-order valence-corrected chi connectivity index (χ2v) is 9.29. The van der Waals surface area contributed by atoms with E-state index in [0.717, 1.165) is 16.5 Å². The van der Waals surface area contributed by atoms with E-state index in [1.165, 1.54) is 5.56 Å². The lowest BCUT2D eigenvalue weighted by Crippen LogP contribution is -2.32. The molecule has 1 aliphatic rings. The Kier molecular flexibility index (Phi) is 5.53. The van der Waals surface area contributed by atoms with Gasteiger partial charge in [-0.15, -0.1) is 0 Å². The molecule has 7 heteroatoms. The molecule has 0 spiro atoms. The molecule has 1 fully saturated rings. The van der Waals surface area contributed by atoms with Crippen LogP contribution >= 0.6 is 11.8 Å². The number of benzene rings is 1. The van der Waals surface area contributed by atoms with Crippen molar-refractivity contribution < 1.29 is 8.42 Å². The first-order chi connectivity index (χ1) is 11.5. The van der Waals surface area contributed by atoms with E-state index in [9.17, 15) is 8.42 Å². The minimum atomic E-state index is -2.85. The van der Waals surface area contributed by atoms with Crippen LogP contribution in [0.3, 0.4) is 0 Å². The summed E-state index contributed by atoms with van der Waals surface area (Å²) in [6, 6.07) is 10.3. The lowest BCUT2D eigenvalue weighted by atomic mass is 10.2. The average Bonchev–Trinajstić information content (AvgIpc) is 2.95. The third kappa shape index (κ3) is 4.78. The molecule has 128 valence electrons. The van der Waals surface area contributed by atoms with Crippen LogP contribution in [0.15, 0.2) is 47.9 Å². The molecule has 5 nitrogen and oxygen atoms in total. The van der Waals surface area contributed by atoms with Crippen molar-refractivity contribution in [3.05, 3.63) is 53.9 Å². The molecule has 0 aliphatic carbocycles. The van der Waals surface area contributed by atoms with E-state index in [1.54, 1.807) is 11.8 Å². The minimum absolute atomic E-state index is 0.0992. The number of rotatable bonds is 6. The predicted octanol–water partition coefficient (Wildman–Crippen LogP) is 2.39. The molecule has 1 aromatic heterocycles. The highest BCUT2D eigenvalue weighted by Gasteiger charge is 2.30. The van der Waals surface area contributed by atoms with Crippen molar-refractivity contribution in [2.24, 2.45) is 0 Å². The van der Waals surface area contributed by atoms with Gasteiger partial charge in [-0.2, -0.15) is 0 Å². The molecular weight excluding hydrogens is 342 g/mol. The largest absolute Gasteiger partial charge is 0.298 e. The molecule has 1 saturated heterocycles. The van der Waals surface area contributed by atoms with Gasteiger partial charge in [-0.05, 0) is 19.0 Å². The van der Waals surface area contributed by atoms with Gasteiger partial charge in [0.15, 0.2) is 15.0 Å². The summed E-state index contributed by atoms with van der Waals surface area (Å²) in [6.07, 6.45) is 4.38. The van der Waals surface area contributed by atoms with Crippen molar-refractivity contribution in [2.75, 3.05) is 18.6 Å². The van der Waals surface area contributed by atoms with Gasteiger partial charge in [0.2, 0.25) is 0 Å². The number of sulfone groups is 1. The molecule has 1 aromatic carbocycles. The molecule has 1 unspecified atom stereocenters. The molecule has 0 radical (unpaired) electrons. The lowest BCUT2D eigenvalue weighted by molar-refractivity contribution is 0.253. The monoisotopic (exact) mass is 363 g/mol. The Bertz CT molecular complexity index is 764. The smallest absolute Gasteiger partial charge is 0.187 e. The van der Waals surface area contributed by atoms with Crippen molar-refractivity contribution in [3.63, 3.8) is 0 Å². The molecule has 1 atom stereocenters. The maximum absolute atomic E-state index is 11.6. The molecule has 1 aliphatic heterocycles. The molecule has 3 rings (SSSR count). The molecule has 0 saturated carbocycles. The summed E-state index contributed by atoms with van der Waals surface area (Å²) >= 11 is 1.61. The number of aromatic nitrogens is 2. The Morgan fingerprint density at radius 3 is 2.50 bits per heavy atom. The molecule has 2 aromatic rings. The SMILES string of the molecule is CN(Cc1cnc(SCc2ccccc2)nc1)C1CCS(=O)(=O)C1. The Labute approximate surface area is 147 Å². The average molecular weight is 364 g/mol. The zero-order chi connectivity index (χ0) is 17.0. The lowest BCUT2D eigenvalue weighted by Gasteiger charge is -2.22. The van der Waals surface area contributed by atoms with E-state index in [4.69, 9.17) is 0 Å². The number of thioether (sulfide) groups is 1. The maximum Gasteiger partial charge on any atom is 0.187 e. The standard InChI is InChI=1S/C17H21N3O2S2/c1-20(16-7-8-24(21,22)13-16)11-15-9-18-17(19-10-15)23-12-14-5-3-2-4-6-14/h2-6,9-10,16H,7-8,11-13H2,1H3. The van der Waals surface area contributed by atoms with E-state index >= 15 is 0 Å². The maximum atomic E-state index is 11.6. The van der Waals surface area contributed by atoms with Crippen LogP contribution in [0.25, 0.3) is 0 Å². The third-order valence-electron chi connectivity index (χ3n) is 4.16. The van der Waals surface area contributed by atoms with Crippen molar-refractivity contribution in [2.45, 2.75) is 29.9 Å². The fraction of sp³-hybridized carbons (Fsp3) is 0.412. The van der Waals surface area contributed by atoms with Crippen LogP contribution in [0.5, 0.6) is 0 Å². The second-order valence-electron chi connectivity index (χ2n) is 6.12. The fourth-order valence-electron chi connectivity index (χ4n) is 2.76. The normalized spacial score (nSPS) is 19.7. The molecule has 0 amide bonds. The summed E-state index contributed by atoms with van der Waals surface area (Å²) in [5.74, 6) is 1.41. The summed E-state index contributed by atoms with van der Waals surface area (Å²) in [5, 5.41) is 0.758. The van der Waals surface area contributed by atoms with Gasteiger partial charge in [0.25, 0.3) is 0 Å². The zero-order valence-electron chi connectivity index (χ0n) is 13.6. The van der Waals surface area contributed by atoms with Gasteiger partial charge in [0.1, 0.15) is 0 Å². The number of nitrogens with zero attached hydrogens (tertiary/aromatic N) is 3. The number of hydrogen-bond donors (Lipinski definition) is 0. The Balaban J connectivity index is 1.53. The van der Waals surface area contributed by atoms with E-state index in [2.05, 4.69) is 27.0 Å². The first kappa shape index (κ1) is 17.4. The summed E-state index contributed by atoms with van der Waals surface area (Å²) in [7, 11) is -0.888. The van der Waals surface area contributed by atoms with Gasteiger partial charge in [-0.25, -0.2) is 18.4 Å². The Morgan fingerprint density at radius 2 is 1.88 bits per heavy atom. The van der Waals surface area contributed by atoms with E-state index in [1.807, 2.05) is 37.6 Å². The van der Waals surface area contributed by atoms with Crippen LogP contribution in [0.4, 0.5) is 0 Å². The van der Waals surface area contributed by atoms with Crippen LogP contribution < -0.4 is 0 Å². The predicted molar refractivity (Wildman–Crippen MR) is 96.6 cm³/mol. The summed E-state index contributed by atoms with van der Waals surface area (Å²) in [5.41, 5.74) is 2.25. The molecule has 24 heavy (non-hydrogen) atoms. The van der Waals surface area contributed by atoms with Crippen molar-refractivity contribution in [1.82, 2.24) is 14.9 Å². The van der Waals surface area contributed by atoms with Gasteiger partial charge in [0.05, 0.1) is 11.5 Å². The van der Waals surface area contributed by atoms with Crippen LogP contribution in [0.2, 0.25) is 0 Å². The van der Waals surface area contributed by atoms with Gasteiger partial charge in [-0.1, -0.05) is 42.1 Å². The van der Waals surface area contributed by atoms with Crippen LogP contribution in [-0.4, -0.2) is 47.9 Å². The Morgan fingerprint density at radius 1 is 1.17 bits per heavy atom. The molecular formula is C17H21N3O2S2. The summed E-state index contributed by atoms with van der Waals surface area (Å²) < 4.78 is 23.2. The highest BCUT2D eigenvalue weighted by Crippen LogP contribution is 2.20. The third-order valence-corrected chi connectivity index (χ3v) is 6.85. The summed E-state index contributed by atoms with van der Waals surface area (Å²) in [4.78, 5) is 10.9. The van der Waals surface area contributed by atoms with Crippen molar-refractivity contribution in [3.8, 4) is 0 Å². The van der Waals surface area contributed by atoms with E-state index in [0.29, 0.717) is 18.7 Å². The van der Waals surface area contributed by atoms with Crippen LogP contribution in [0, 0.1) is 0 Å². The fourth-order valence-corrected chi connectivity index (χ4v) is 5.31. The number of hydrogen-bond acceptors (Lipinski definition) is 6. The van der Waals surface area contributed by atoms with Crippen LogP contribution in [0.1, 0.15) is 17.5 Å². The van der Waals surface area contributed by atoms with Gasteiger partial charge in [0, 0.05) is 36.3 Å².